The molecule has 12 aromatic rings. The quantitative estimate of drug-likeness (QED) is 0.0270. The van der Waals surface area contributed by atoms with Crippen LogP contribution in [0.3, 0.4) is 0 Å². The van der Waals surface area contributed by atoms with E-state index in [2.05, 4.69) is 341 Å². The zero-order valence-electron chi connectivity index (χ0n) is 60.1. The number of rotatable bonds is 27. The van der Waals surface area contributed by atoms with Gasteiger partial charge < -0.3 is 71.1 Å². The van der Waals surface area contributed by atoms with E-state index in [0.29, 0.717) is 24.2 Å². The molecule has 0 aliphatic heterocycles. The first-order valence-electron chi connectivity index (χ1n) is 36.1. The second-order valence-electron chi connectivity index (χ2n) is 25.6. The highest BCUT2D eigenvalue weighted by Crippen LogP contribution is 2.27. The molecule has 12 aromatic carbocycles. The van der Waals surface area contributed by atoms with Gasteiger partial charge in [0.2, 0.25) is 0 Å². The van der Waals surface area contributed by atoms with Crippen LogP contribution in [0.5, 0.6) is 0 Å². The number of benzene rings is 12. The number of hydrogen-bond acceptors (Lipinski definition) is 10. The number of carboxylic acids is 4. The Hall–Kier alpha value is -10.7. The summed E-state index contributed by atoms with van der Waals surface area (Å²) in [5, 5.41) is 73.9. The zero-order valence-corrected chi connectivity index (χ0v) is 60.1. The van der Waals surface area contributed by atoms with E-state index in [9.17, 15) is 19.8 Å². The van der Waals surface area contributed by atoms with Gasteiger partial charge in [-0.05, 0) is 117 Å². The summed E-state index contributed by atoms with van der Waals surface area (Å²) in [6.07, 6.45) is 9.45. The molecule has 6 unspecified atom stereocenters. The highest BCUT2D eigenvalue weighted by atomic mass is 16.4. The predicted molar refractivity (Wildman–Crippen MR) is 408 cm³/mol. The lowest BCUT2D eigenvalue weighted by Crippen LogP contribution is -2.80. The minimum absolute atomic E-state index is 0.566. The van der Waals surface area contributed by atoms with Crippen molar-refractivity contribution in [3.63, 3.8) is 0 Å². The van der Waals surface area contributed by atoms with Gasteiger partial charge in [-0.2, -0.15) is 0 Å². The van der Waals surface area contributed by atoms with E-state index < -0.39 is 36.1 Å². The molecular weight excluding hydrogens is 1300 g/mol. The van der Waals surface area contributed by atoms with E-state index in [1.165, 1.54) is 139 Å². The fourth-order valence-corrected chi connectivity index (χ4v) is 13.3. The van der Waals surface area contributed by atoms with E-state index >= 15 is 0 Å². The predicted octanol–water partition coefficient (Wildman–Crippen LogP) is 8.08. The van der Waals surface area contributed by atoms with E-state index in [4.69, 9.17) is 30.0 Å². The summed E-state index contributed by atoms with van der Waals surface area (Å²) in [5.74, 6) is -8.49. The molecule has 0 radical (unpaired) electrons. The molecule has 12 rings (SSSR count). The van der Waals surface area contributed by atoms with Crippen LogP contribution in [-0.4, -0.2) is 74.5 Å². The monoisotopic (exact) mass is 1400 g/mol. The van der Waals surface area contributed by atoms with Gasteiger partial charge in [-0.1, -0.05) is 291 Å². The smallest absolute Gasteiger partial charge is 0.124 e. The SMILES string of the molecule is C[NH2+]C(CCCc1cccc2ccccc12)c1ccccc1.C[NH2+]C(CCCc1cccc2ccccc12)c1ccccc1.C[NH2+]C(CCCc1cccc2ccccc12)c1ccccc1.C[NH2+]C(CCCc1cccc2ccccc12)c1ccccc1.O=C([O-])C(=O)[O-].O=C([O-])C(O)C(O)C(=O)[O-]. The van der Waals surface area contributed by atoms with Gasteiger partial charge in [0.15, 0.2) is 0 Å². The van der Waals surface area contributed by atoms with Crippen molar-refractivity contribution in [2.75, 3.05) is 28.2 Å². The van der Waals surface area contributed by atoms with Crippen LogP contribution in [0.15, 0.2) is 291 Å². The Kier molecular flexibility index (Phi) is 34.6. The molecule has 14 heteroatoms. The van der Waals surface area contributed by atoms with E-state index in [1.54, 1.807) is 0 Å². The highest BCUT2D eigenvalue weighted by Gasteiger charge is 2.19. The minimum atomic E-state index is -2.44. The fourth-order valence-electron chi connectivity index (χ4n) is 13.3. The molecule has 10 N–H and O–H groups in total. The number of nitrogens with two attached hydrogens (primary N) is 4. The Labute approximate surface area is 612 Å². The standard InChI is InChI=1S/4C21H23N.C4H6O6.C2H2O4/c4*1-22-21(19-10-3-2-4-11-19)16-8-14-18-13-7-12-17-9-5-6-15-20(17)18;5-1(3(7)8)2(6)4(9)10;3-1(4)2(5)6/h4*2-7,9-13,15,21-22H,8,14,16H2,1H3;1-2,5-6H,(H,7,8)(H,9,10);(H,3,4)(H,5,6). The first kappa shape index (κ1) is 80.6. The summed E-state index contributed by atoms with van der Waals surface area (Å²) in [6, 6.07) is 107. The van der Waals surface area contributed by atoms with Crippen molar-refractivity contribution in [1.82, 2.24) is 0 Å². The molecule has 0 amide bonds. The van der Waals surface area contributed by atoms with Crippen LogP contribution in [0.4, 0.5) is 0 Å². The molecule has 104 heavy (non-hydrogen) atoms. The summed E-state index contributed by atoms with van der Waals surface area (Å²) in [7, 11) is 8.70. The van der Waals surface area contributed by atoms with Crippen LogP contribution in [0.2, 0.25) is 0 Å². The maximum atomic E-state index is 9.63. The Bertz CT molecular complexity index is 3940. The lowest BCUT2D eigenvalue weighted by Gasteiger charge is -2.18. The Balaban J connectivity index is 0.000000181. The average Bonchev–Trinajstić information content (AvgIpc) is 0.845. The number of carbonyl (C=O) groups excluding carboxylic acids is 4. The van der Waals surface area contributed by atoms with Gasteiger partial charge in [-0.3, -0.25) is 0 Å². The van der Waals surface area contributed by atoms with E-state index in [-0.39, 0.29) is 0 Å². The van der Waals surface area contributed by atoms with Crippen LogP contribution >= 0.6 is 0 Å². The number of carboxylic acid groups (broad SMARTS) is 4. The number of aliphatic hydroxyl groups excluding tert-OH is 2. The maximum Gasteiger partial charge on any atom is 0.124 e. The van der Waals surface area contributed by atoms with Crippen molar-refractivity contribution in [2.45, 2.75) is 113 Å². The summed E-state index contributed by atoms with van der Waals surface area (Å²) in [5.41, 5.74) is 11.6. The number of aryl methyl sites for hydroxylation is 4. The Morgan fingerprint density at radius 3 is 0.635 bits per heavy atom. The van der Waals surface area contributed by atoms with E-state index in [0.717, 1.165) is 25.7 Å². The molecule has 0 aliphatic rings. The third-order valence-corrected chi connectivity index (χ3v) is 18.8. The summed E-state index contributed by atoms with van der Waals surface area (Å²) >= 11 is 0. The summed E-state index contributed by atoms with van der Waals surface area (Å²) in [6.45, 7) is 0. The minimum Gasteiger partial charge on any atom is -0.547 e. The molecule has 0 bridgehead atoms. The van der Waals surface area contributed by atoms with Gasteiger partial charge in [-0.15, -0.1) is 0 Å². The van der Waals surface area contributed by atoms with Crippen molar-refractivity contribution in [3.05, 3.63) is 336 Å². The normalized spacial score (nSPS) is 12.4. The van der Waals surface area contributed by atoms with Crippen molar-refractivity contribution in [1.29, 1.82) is 0 Å². The van der Waals surface area contributed by atoms with Crippen molar-refractivity contribution < 1.29 is 71.1 Å². The topological polar surface area (TPSA) is 267 Å². The number of aliphatic carboxylic acids is 4. The first-order chi connectivity index (χ1) is 50.6. The average molecular weight is 1400 g/mol. The summed E-state index contributed by atoms with van der Waals surface area (Å²) in [4.78, 5) is 37.1. The van der Waals surface area contributed by atoms with Gasteiger partial charge in [0.1, 0.15) is 36.4 Å². The van der Waals surface area contributed by atoms with Gasteiger partial charge in [0, 0.05) is 47.9 Å². The van der Waals surface area contributed by atoms with Crippen molar-refractivity contribution in [2.24, 2.45) is 0 Å². The third-order valence-electron chi connectivity index (χ3n) is 18.8. The van der Waals surface area contributed by atoms with Gasteiger partial charge >= 0.3 is 0 Å². The molecule has 14 nitrogen and oxygen atoms in total. The lowest BCUT2D eigenvalue weighted by molar-refractivity contribution is -0.671. The van der Waals surface area contributed by atoms with Gasteiger partial charge in [0.25, 0.3) is 0 Å². The first-order valence-corrected chi connectivity index (χ1v) is 36.1. The molecule has 6 atom stereocenters. The van der Waals surface area contributed by atoms with Gasteiger partial charge in [0.05, 0.1) is 52.1 Å². The van der Waals surface area contributed by atoms with E-state index in [1.807, 2.05) is 0 Å². The number of carbonyl (C=O) groups is 4. The zero-order chi connectivity index (χ0) is 74.3. The molecule has 0 saturated carbocycles. The highest BCUT2D eigenvalue weighted by molar-refractivity contribution is 6.25. The molecule has 540 valence electrons. The fraction of sp³-hybridized carbons (Fsp3) is 0.244. The largest absolute Gasteiger partial charge is 0.547 e. The van der Waals surface area contributed by atoms with Crippen LogP contribution in [0.25, 0.3) is 43.1 Å². The number of aliphatic hydroxyl groups is 2. The number of quaternary nitrogens is 4. The van der Waals surface area contributed by atoms with Crippen LogP contribution in [0.1, 0.15) is 120 Å². The van der Waals surface area contributed by atoms with Crippen molar-refractivity contribution >= 4 is 67.0 Å². The third kappa shape index (κ3) is 26.0. The van der Waals surface area contributed by atoms with Crippen molar-refractivity contribution in [3.8, 4) is 0 Å². The Morgan fingerprint density at radius 1 is 0.269 bits per heavy atom. The van der Waals surface area contributed by atoms with Crippen LogP contribution in [0, 0.1) is 0 Å². The van der Waals surface area contributed by atoms with Gasteiger partial charge in [-0.25, -0.2) is 0 Å². The molecule has 0 spiro atoms. The molecule has 0 fully saturated rings. The maximum absolute atomic E-state index is 9.63. The molecule has 0 aliphatic carbocycles. The molecule has 0 aromatic heterocycles. The number of fused-ring (bicyclic) bond motifs is 4. The second kappa shape index (κ2) is 44.6. The molecule has 0 heterocycles. The number of hydrogen-bond donors (Lipinski definition) is 6. The second-order valence-corrected chi connectivity index (χ2v) is 25.6. The molecule has 0 saturated heterocycles. The summed E-state index contributed by atoms with van der Waals surface area (Å²) < 4.78 is 0. The Morgan fingerprint density at radius 2 is 0.452 bits per heavy atom. The lowest BCUT2D eigenvalue weighted by atomic mass is 9.96. The molecular formula is C90H100N4O10. The van der Waals surface area contributed by atoms with Crippen LogP contribution < -0.4 is 41.7 Å². The van der Waals surface area contributed by atoms with Crippen LogP contribution in [-0.2, 0) is 44.9 Å².